The van der Waals surface area contributed by atoms with Crippen molar-refractivity contribution in [2.45, 2.75) is 18.9 Å². The molecule has 1 aromatic rings. The molecule has 9 heteroatoms. The number of piperazine rings is 1. The minimum atomic E-state index is -0.707. The first-order valence-corrected chi connectivity index (χ1v) is 8.21. The van der Waals surface area contributed by atoms with Gasteiger partial charge in [0.15, 0.2) is 0 Å². The summed E-state index contributed by atoms with van der Waals surface area (Å²) in [4.78, 5) is 38.0. The summed E-state index contributed by atoms with van der Waals surface area (Å²) in [5, 5.41) is 11.3. The van der Waals surface area contributed by atoms with Gasteiger partial charge in [0.1, 0.15) is 11.8 Å². The number of ether oxygens (including phenoxy) is 1. The van der Waals surface area contributed by atoms with Gasteiger partial charge in [-0.15, -0.1) is 0 Å². The fraction of sp³-hybridized carbons (Fsp3) is 0.500. The molecule has 0 radical (unpaired) electrons. The summed E-state index contributed by atoms with van der Waals surface area (Å²) < 4.78 is 5.43. The van der Waals surface area contributed by atoms with E-state index < -0.39 is 10.8 Å². The van der Waals surface area contributed by atoms with E-state index in [1.807, 2.05) is 4.90 Å². The van der Waals surface area contributed by atoms with Gasteiger partial charge in [-0.3, -0.25) is 19.7 Å². The van der Waals surface area contributed by atoms with Gasteiger partial charge in [-0.05, 0) is 25.0 Å². The number of benzene rings is 1. The van der Waals surface area contributed by atoms with Crippen LogP contribution in [0.5, 0.6) is 0 Å². The zero-order chi connectivity index (χ0) is 18.0. The lowest BCUT2D eigenvalue weighted by Gasteiger charge is -2.36. The summed E-state index contributed by atoms with van der Waals surface area (Å²) in [5.74, 6) is -0.711. The molecule has 1 atom stereocenters. The molecular weight excluding hydrogens is 328 g/mol. The standard InChI is InChI=1S/C16H20N4O5/c17-15(21)11-3-4-12(13(10-11)20(23)24)18-5-7-19(8-6-18)16(22)14-2-1-9-25-14/h3-4,10,14H,1-2,5-9H2,(H2,17,21). The van der Waals surface area contributed by atoms with E-state index in [1.165, 1.54) is 18.2 Å². The van der Waals surface area contributed by atoms with E-state index >= 15 is 0 Å². The van der Waals surface area contributed by atoms with Crippen LogP contribution in [0.4, 0.5) is 11.4 Å². The molecule has 2 amide bonds. The Morgan fingerprint density at radius 3 is 2.52 bits per heavy atom. The Labute approximate surface area is 144 Å². The first-order valence-electron chi connectivity index (χ1n) is 8.21. The lowest BCUT2D eigenvalue weighted by molar-refractivity contribution is -0.384. The fourth-order valence-corrected chi connectivity index (χ4v) is 3.23. The van der Waals surface area contributed by atoms with E-state index in [2.05, 4.69) is 0 Å². The number of carbonyl (C=O) groups excluding carboxylic acids is 2. The largest absolute Gasteiger partial charge is 0.368 e. The van der Waals surface area contributed by atoms with E-state index in [0.29, 0.717) is 38.5 Å². The Kier molecular flexibility index (Phi) is 4.84. The average Bonchev–Trinajstić information content (AvgIpc) is 3.15. The second-order valence-electron chi connectivity index (χ2n) is 6.14. The molecule has 0 aliphatic carbocycles. The van der Waals surface area contributed by atoms with Gasteiger partial charge in [-0.1, -0.05) is 0 Å². The van der Waals surface area contributed by atoms with E-state index in [1.54, 1.807) is 4.90 Å². The van der Waals surface area contributed by atoms with Crippen LogP contribution in [-0.2, 0) is 9.53 Å². The van der Waals surface area contributed by atoms with Crippen molar-refractivity contribution in [3.63, 3.8) is 0 Å². The van der Waals surface area contributed by atoms with Gasteiger partial charge in [0.05, 0.1) is 4.92 Å². The number of anilines is 1. The third-order valence-corrected chi connectivity index (χ3v) is 4.59. The third-order valence-electron chi connectivity index (χ3n) is 4.59. The Morgan fingerprint density at radius 1 is 1.24 bits per heavy atom. The molecule has 2 N–H and O–H groups in total. The molecule has 134 valence electrons. The number of nitrogens with two attached hydrogens (primary N) is 1. The highest BCUT2D eigenvalue weighted by Gasteiger charge is 2.31. The average molecular weight is 348 g/mol. The Morgan fingerprint density at radius 2 is 1.96 bits per heavy atom. The van der Waals surface area contributed by atoms with Gasteiger partial charge in [0, 0.05) is 44.4 Å². The minimum absolute atomic E-state index is 0.00396. The van der Waals surface area contributed by atoms with Gasteiger partial charge in [-0.25, -0.2) is 0 Å². The van der Waals surface area contributed by atoms with Crippen LogP contribution in [0.25, 0.3) is 0 Å². The number of primary amides is 1. The highest BCUT2D eigenvalue weighted by molar-refractivity contribution is 5.94. The number of nitro groups is 1. The number of nitro benzene ring substituents is 1. The monoisotopic (exact) mass is 348 g/mol. The van der Waals surface area contributed by atoms with E-state index in [4.69, 9.17) is 10.5 Å². The highest BCUT2D eigenvalue weighted by Crippen LogP contribution is 2.30. The number of carbonyl (C=O) groups is 2. The highest BCUT2D eigenvalue weighted by atomic mass is 16.6. The Balaban J connectivity index is 1.71. The third kappa shape index (κ3) is 3.55. The zero-order valence-electron chi connectivity index (χ0n) is 13.7. The Bertz CT molecular complexity index is 694. The summed E-state index contributed by atoms with van der Waals surface area (Å²) in [5.41, 5.74) is 5.56. The Hall–Kier alpha value is -2.68. The van der Waals surface area contributed by atoms with Crippen molar-refractivity contribution in [1.29, 1.82) is 0 Å². The molecule has 0 saturated carbocycles. The first kappa shape index (κ1) is 17.2. The predicted molar refractivity (Wildman–Crippen MR) is 89.4 cm³/mol. The van der Waals surface area contributed by atoms with Crippen LogP contribution in [0.15, 0.2) is 18.2 Å². The molecule has 2 fully saturated rings. The van der Waals surface area contributed by atoms with E-state index in [9.17, 15) is 19.7 Å². The lowest BCUT2D eigenvalue weighted by atomic mass is 10.1. The molecule has 1 unspecified atom stereocenters. The summed E-state index contributed by atoms with van der Waals surface area (Å²) in [6, 6.07) is 4.21. The molecule has 2 aliphatic heterocycles. The molecule has 2 heterocycles. The molecule has 1 aromatic carbocycles. The van der Waals surface area contributed by atoms with Gasteiger partial charge < -0.3 is 20.3 Å². The van der Waals surface area contributed by atoms with Crippen LogP contribution in [0.1, 0.15) is 23.2 Å². The second kappa shape index (κ2) is 7.06. The maximum Gasteiger partial charge on any atom is 0.293 e. The van der Waals surface area contributed by atoms with Crippen molar-refractivity contribution < 1.29 is 19.2 Å². The van der Waals surface area contributed by atoms with Crippen LogP contribution in [-0.4, -0.2) is 60.5 Å². The number of hydrogen-bond donors (Lipinski definition) is 1. The van der Waals surface area contributed by atoms with Crippen molar-refractivity contribution >= 4 is 23.2 Å². The van der Waals surface area contributed by atoms with Crippen LogP contribution < -0.4 is 10.6 Å². The number of nitrogens with zero attached hydrogens (tertiary/aromatic N) is 3. The van der Waals surface area contributed by atoms with Gasteiger partial charge in [0.25, 0.3) is 11.6 Å². The van der Waals surface area contributed by atoms with E-state index in [-0.39, 0.29) is 23.3 Å². The molecule has 2 saturated heterocycles. The van der Waals surface area contributed by atoms with Gasteiger partial charge in [0.2, 0.25) is 5.91 Å². The van der Waals surface area contributed by atoms with Gasteiger partial charge in [-0.2, -0.15) is 0 Å². The first-order chi connectivity index (χ1) is 12.0. The van der Waals surface area contributed by atoms with Crippen LogP contribution in [0.2, 0.25) is 0 Å². The van der Waals surface area contributed by atoms with Crippen molar-refractivity contribution in [3.8, 4) is 0 Å². The van der Waals surface area contributed by atoms with Crippen molar-refractivity contribution in [2.24, 2.45) is 5.73 Å². The lowest BCUT2D eigenvalue weighted by Crippen LogP contribution is -2.51. The molecular formula is C16H20N4O5. The number of hydrogen-bond acceptors (Lipinski definition) is 6. The van der Waals surface area contributed by atoms with Crippen molar-refractivity contribution in [1.82, 2.24) is 4.90 Å². The molecule has 0 aromatic heterocycles. The van der Waals surface area contributed by atoms with Crippen LogP contribution in [0, 0.1) is 10.1 Å². The summed E-state index contributed by atoms with van der Waals surface area (Å²) in [6.45, 7) is 2.54. The molecule has 25 heavy (non-hydrogen) atoms. The minimum Gasteiger partial charge on any atom is -0.368 e. The predicted octanol–water partition coefficient (Wildman–Crippen LogP) is 0.521. The molecule has 9 nitrogen and oxygen atoms in total. The fourth-order valence-electron chi connectivity index (χ4n) is 3.23. The van der Waals surface area contributed by atoms with Crippen molar-refractivity contribution in [3.05, 3.63) is 33.9 Å². The smallest absolute Gasteiger partial charge is 0.293 e. The molecule has 0 spiro atoms. The van der Waals surface area contributed by atoms with Crippen LogP contribution >= 0.6 is 0 Å². The number of amides is 2. The topological polar surface area (TPSA) is 119 Å². The summed E-state index contributed by atoms with van der Waals surface area (Å²) in [6.07, 6.45) is 1.30. The van der Waals surface area contributed by atoms with Crippen molar-refractivity contribution in [2.75, 3.05) is 37.7 Å². The maximum absolute atomic E-state index is 12.4. The maximum atomic E-state index is 12.4. The summed E-state index contributed by atoms with van der Waals surface area (Å²) in [7, 11) is 0. The second-order valence-corrected chi connectivity index (χ2v) is 6.14. The molecule has 3 rings (SSSR count). The molecule has 2 aliphatic rings. The van der Waals surface area contributed by atoms with Crippen LogP contribution in [0.3, 0.4) is 0 Å². The SMILES string of the molecule is NC(=O)c1ccc(N2CCN(C(=O)C3CCCO3)CC2)c([N+](=O)[O-])c1. The van der Waals surface area contributed by atoms with Gasteiger partial charge >= 0.3 is 0 Å². The quantitative estimate of drug-likeness (QED) is 0.626. The summed E-state index contributed by atoms with van der Waals surface area (Å²) >= 11 is 0. The zero-order valence-corrected chi connectivity index (χ0v) is 13.7. The number of rotatable bonds is 4. The normalized spacial score (nSPS) is 20.6. The van der Waals surface area contributed by atoms with E-state index in [0.717, 1.165) is 12.8 Å². The molecule has 0 bridgehead atoms.